The second-order valence-electron chi connectivity index (χ2n) is 16.6. The molecule has 0 saturated heterocycles. The number of phosphoric ester groups is 3. The first-order chi connectivity index (χ1) is 30.7. The lowest BCUT2D eigenvalue weighted by atomic mass is 9.85. The van der Waals surface area contributed by atoms with E-state index in [4.69, 9.17) is 18.5 Å². The van der Waals surface area contributed by atoms with Crippen LogP contribution >= 0.6 is 35.2 Å². The molecule has 24 heteroatoms. The second-order valence-corrected chi connectivity index (χ2v) is 21.6. The molecule has 65 heavy (non-hydrogen) atoms. The number of rotatable bonds is 40. The van der Waals surface area contributed by atoms with Crippen LogP contribution in [0.25, 0.3) is 0 Å². The molecule has 0 aromatic carbocycles. The highest BCUT2D eigenvalue weighted by Crippen LogP contribution is 2.51. The molecule has 8 atom stereocenters. The summed E-state index contributed by atoms with van der Waals surface area (Å²) in [5, 5.41) is 32.1. The summed E-state index contributed by atoms with van der Waals surface area (Å²) >= 11 is 1.41. The molecule has 1 saturated carbocycles. The van der Waals surface area contributed by atoms with Crippen molar-refractivity contribution in [3.63, 3.8) is 0 Å². The molecule has 1 aliphatic rings. The largest absolute Gasteiger partial charge is 0.472 e. The van der Waals surface area contributed by atoms with Crippen LogP contribution in [-0.2, 0) is 55.6 Å². The number of hydrogen-bond donors (Lipinski definition) is 8. The number of ether oxygens (including phenoxy) is 2. The maximum atomic E-state index is 13.1. The maximum absolute atomic E-state index is 13.1. The van der Waals surface area contributed by atoms with E-state index in [1.54, 1.807) is 0 Å². The molecular weight excluding hydrogens is 937 g/mol. The van der Waals surface area contributed by atoms with E-state index in [1.807, 2.05) is 6.92 Å². The number of aliphatic hydroxyl groups excluding tert-OH is 3. The number of phosphoric acid groups is 3. The van der Waals surface area contributed by atoms with Gasteiger partial charge in [0.25, 0.3) is 0 Å². The Hall–Kier alpha value is -0.830. The van der Waals surface area contributed by atoms with Crippen LogP contribution in [-0.4, -0.2) is 119 Å². The van der Waals surface area contributed by atoms with Gasteiger partial charge in [0.2, 0.25) is 0 Å². The third-order valence-electron chi connectivity index (χ3n) is 10.7. The van der Waals surface area contributed by atoms with Gasteiger partial charge in [-0.15, -0.1) is 0 Å². The van der Waals surface area contributed by atoms with Gasteiger partial charge < -0.3 is 49.3 Å². The summed E-state index contributed by atoms with van der Waals surface area (Å²) < 4.78 is 65.4. The van der Waals surface area contributed by atoms with Gasteiger partial charge in [-0.05, 0) is 25.7 Å². The van der Waals surface area contributed by atoms with Gasteiger partial charge >= 0.3 is 35.4 Å². The highest BCUT2D eigenvalue weighted by molar-refractivity contribution is 8.13. The fourth-order valence-electron chi connectivity index (χ4n) is 7.20. The molecule has 4 unspecified atom stereocenters. The number of esters is 2. The lowest BCUT2D eigenvalue weighted by molar-refractivity contribution is -0.213. The molecule has 0 heterocycles. The molecule has 384 valence electrons. The Labute approximate surface area is 389 Å². The van der Waals surface area contributed by atoms with Crippen molar-refractivity contribution in [2.75, 3.05) is 19.0 Å². The Morgan fingerprint density at radius 1 is 0.492 bits per heavy atom. The fraction of sp³-hybridized carbons (Fsp3) is 0.927. The molecule has 8 N–H and O–H groups in total. The average molecular weight is 1020 g/mol. The van der Waals surface area contributed by atoms with Gasteiger partial charge in [-0.25, -0.2) is 13.7 Å². The number of unbranched alkanes of at least 4 members (excludes halogenated alkanes) is 20. The molecule has 20 nitrogen and oxygen atoms in total. The number of carbonyl (C=O) groups excluding carboxylic acids is 3. The molecule has 0 aliphatic heterocycles. The summed E-state index contributed by atoms with van der Waals surface area (Å²) in [6.45, 7) is 2.66. The Morgan fingerprint density at radius 2 is 0.877 bits per heavy atom. The standard InChI is InChI=1S/C41H79O20P3S/c1-3-5-6-7-8-9-10-11-12-14-18-21-24-28-34(43)58-32(30-56-33(42)27-23-20-17-15-13-16-19-22-25-29-65-35(44)26-4-2)31-57-64(54,55)61-41-37(46)39(59-62(48,49)50)36(45)40(38(41)47)60-63(51,52)53/h32,36-41,45-47H,3-31H2,1-2H3,(H,54,55)(H2,48,49,50)(H2,51,52,53)/t32-,36?,37-,38?,39-,40+,41?/m1/s1. The molecule has 0 bridgehead atoms. The van der Waals surface area contributed by atoms with Crippen molar-refractivity contribution < 1.29 is 95.4 Å². The van der Waals surface area contributed by atoms with E-state index in [-0.39, 0.29) is 18.0 Å². The normalized spacial score (nSPS) is 21.8. The van der Waals surface area contributed by atoms with E-state index in [9.17, 15) is 67.9 Å². The van der Waals surface area contributed by atoms with Crippen LogP contribution in [0.1, 0.15) is 181 Å². The highest BCUT2D eigenvalue weighted by atomic mass is 32.2. The Balaban J connectivity index is 2.74. The van der Waals surface area contributed by atoms with Gasteiger partial charge in [0, 0.05) is 25.0 Å². The number of aliphatic hydroxyl groups is 3. The third kappa shape index (κ3) is 31.8. The summed E-state index contributed by atoms with van der Waals surface area (Å²) in [4.78, 5) is 84.8. The number of hydrogen-bond acceptors (Lipinski definition) is 16. The predicted molar refractivity (Wildman–Crippen MR) is 242 cm³/mol. The third-order valence-corrected chi connectivity index (χ3v) is 13.7. The lowest BCUT2D eigenvalue weighted by Crippen LogP contribution is -2.65. The van der Waals surface area contributed by atoms with E-state index >= 15 is 0 Å². The summed E-state index contributed by atoms with van der Waals surface area (Å²) in [5.74, 6) is -0.482. The first-order valence-electron chi connectivity index (χ1n) is 23.4. The second kappa shape index (κ2) is 35.3. The van der Waals surface area contributed by atoms with Crippen LogP contribution < -0.4 is 0 Å². The molecule has 0 aromatic rings. The Bertz CT molecular complexity index is 1410. The first-order valence-corrected chi connectivity index (χ1v) is 28.9. The zero-order valence-electron chi connectivity index (χ0n) is 38.3. The minimum atomic E-state index is -5.55. The molecule has 0 amide bonds. The summed E-state index contributed by atoms with van der Waals surface area (Å²) in [6, 6.07) is 0. The van der Waals surface area contributed by atoms with Crippen molar-refractivity contribution in [3.8, 4) is 0 Å². The molecule has 1 rings (SSSR count). The van der Waals surface area contributed by atoms with Gasteiger partial charge in [0.15, 0.2) is 11.2 Å². The summed E-state index contributed by atoms with van der Waals surface area (Å²) in [6.07, 6.45) is 7.84. The molecule has 0 spiro atoms. The molecule has 0 aromatic heterocycles. The van der Waals surface area contributed by atoms with E-state index in [0.717, 1.165) is 95.6 Å². The van der Waals surface area contributed by atoms with E-state index in [1.165, 1.54) is 56.7 Å². The SMILES string of the molecule is CCCCCCCCCCCCCCCC(=O)O[C@H](COC(=O)CCCCCCCCCCCSC(=O)CCC)COP(=O)(O)OC1C(O)[C@@H](OP(=O)(O)O)C(O)[C@@H](OP(=O)(O)O)[C@H]1O. The van der Waals surface area contributed by atoms with Crippen molar-refractivity contribution in [1.82, 2.24) is 0 Å². The minimum Gasteiger partial charge on any atom is -0.462 e. The molecular formula is C41H79O20P3S. The highest BCUT2D eigenvalue weighted by Gasteiger charge is 2.56. The van der Waals surface area contributed by atoms with Gasteiger partial charge in [0.1, 0.15) is 43.2 Å². The number of thioether (sulfide) groups is 1. The first kappa shape index (κ1) is 62.2. The lowest BCUT2D eigenvalue weighted by Gasteiger charge is -2.44. The minimum absolute atomic E-state index is 0.0146. The van der Waals surface area contributed by atoms with Crippen LogP contribution in [0.15, 0.2) is 0 Å². The van der Waals surface area contributed by atoms with Gasteiger partial charge in [-0.2, -0.15) is 0 Å². The van der Waals surface area contributed by atoms with Crippen molar-refractivity contribution in [1.29, 1.82) is 0 Å². The topological polar surface area (TPSA) is 320 Å². The van der Waals surface area contributed by atoms with Crippen molar-refractivity contribution in [2.45, 2.75) is 224 Å². The average Bonchev–Trinajstić information content (AvgIpc) is 3.22. The van der Waals surface area contributed by atoms with E-state index in [2.05, 4.69) is 16.0 Å². The fourth-order valence-corrected chi connectivity index (χ4v) is 10.2. The molecule has 1 aliphatic carbocycles. The summed E-state index contributed by atoms with van der Waals surface area (Å²) in [5.41, 5.74) is 0. The van der Waals surface area contributed by atoms with Crippen LogP contribution in [0, 0.1) is 0 Å². The van der Waals surface area contributed by atoms with Crippen molar-refractivity contribution in [3.05, 3.63) is 0 Å². The molecule has 1 fully saturated rings. The Kier molecular flexibility index (Phi) is 33.8. The van der Waals surface area contributed by atoms with E-state index < -0.39 is 91.3 Å². The molecule has 0 radical (unpaired) electrons. The zero-order valence-corrected chi connectivity index (χ0v) is 41.8. The van der Waals surface area contributed by atoms with Crippen LogP contribution in [0.4, 0.5) is 0 Å². The predicted octanol–water partition coefficient (Wildman–Crippen LogP) is 7.44. The summed E-state index contributed by atoms with van der Waals surface area (Å²) in [7, 11) is -16.6. The van der Waals surface area contributed by atoms with E-state index in [0.29, 0.717) is 19.3 Å². The van der Waals surface area contributed by atoms with Crippen LogP contribution in [0.5, 0.6) is 0 Å². The van der Waals surface area contributed by atoms with Gasteiger partial charge in [-0.3, -0.25) is 32.5 Å². The van der Waals surface area contributed by atoms with Crippen molar-refractivity contribution >= 4 is 52.3 Å². The number of carbonyl (C=O) groups is 3. The van der Waals surface area contributed by atoms with Gasteiger partial charge in [0.05, 0.1) is 6.61 Å². The van der Waals surface area contributed by atoms with Crippen LogP contribution in [0.2, 0.25) is 0 Å². The Morgan fingerprint density at radius 3 is 1.29 bits per heavy atom. The van der Waals surface area contributed by atoms with Crippen molar-refractivity contribution in [2.24, 2.45) is 0 Å². The quantitative estimate of drug-likeness (QED) is 0.0168. The van der Waals surface area contributed by atoms with Crippen LogP contribution in [0.3, 0.4) is 0 Å². The maximum Gasteiger partial charge on any atom is 0.472 e. The smallest absolute Gasteiger partial charge is 0.462 e. The zero-order chi connectivity index (χ0) is 48.7. The van der Waals surface area contributed by atoms with Gasteiger partial charge in [-0.1, -0.05) is 148 Å². The monoisotopic (exact) mass is 1020 g/mol.